The first-order valence-electron chi connectivity index (χ1n) is 8.24. The lowest BCUT2D eigenvalue weighted by molar-refractivity contribution is 0.0690. The van der Waals surface area contributed by atoms with Gasteiger partial charge in [0.15, 0.2) is 11.5 Å². The average molecular weight is 418 g/mol. The summed E-state index contributed by atoms with van der Waals surface area (Å²) in [4.78, 5) is 36.4. The van der Waals surface area contributed by atoms with Crippen molar-refractivity contribution in [2.75, 3.05) is 28.2 Å². The molecule has 2 amide bonds. The maximum Gasteiger partial charge on any atom is 0.354 e. The van der Waals surface area contributed by atoms with E-state index < -0.39 is 5.97 Å². The molecule has 26 heavy (non-hydrogen) atoms. The number of piperidine rings is 1. The molecule has 4 rings (SSSR count). The van der Waals surface area contributed by atoms with E-state index in [9.17, 15) is 14.7 Å². The fourth-order valence-corrected chi connectivity index (χ4v) is 3.78. The third kappa shape index (κ3) is 2.98. The second-order valence-corrected chi connectivity index (χ2v) is 7.16. The molecule has 2 aliphatic rings. The van der Waals surface area contributed by atoms with Crippen molar-refractivity contribution in [1.82, 2.24) is 9.97 Å². The summed E-state index contributed by atoms with van der Waals surface area (Å²) in [5.74, 6) is -0.320. The van der Waals surface area contributed by atoms with Crippen LogP contribution in [-0.4, -0.2) is 46.2 Å². The zero-order valence-electron chi connectivity index (χ0n) is 13.7. The molecule has 2 aromatic heterocycles. The number of halogens is 1. The van der Waals surface area contributed by atoms with Gasteiger partial charge in [-0.3, -0.25) is 10.2 Å². The van der Waals surface area contributed by atoms with E-state index in [-0.39, 0.29) is 17.8 Å². The molecule has 4 heterocycles. The van der Waals surface area contributed by atoms with E-state index in [4.69, 9.17) is 0 Å². The van der Waals surface area contributed by atoms with Gasteiger partial charge in [-0.1, -0.05) is 15.9 Å². The van der Waals surface area contributed by atoms with Crippen LogP contribution in [0.1, 0.15) is 23.3 Å². The molecule has 2 bridgehead atoms. The average Bonchev–Trinajstić information content (AvgIpc) is 2.61. The molecule has 8 nitrogen and oxygen atoms in total. The standard InChI is InChI=1S/C17H16BrN5O3/c18-10-5-6-19-14(8-10)21-17(26)23-11-2-1-7-22(9-11)13-4-3-12(16(24)25)20-15(13)23/h3-6,8,11H,1-2,7,9H2,(H,24,25)(H,19,21,26)/t11-/m0/s1. The molecule has 2 aromatic rings. The minimum absolute atomic E-state index is 0.0556. The van der Waals surface area contributed by atoms with Crippen LogP contribution in [0, 0.1) is 0 Å². The van der Waals surface area contributed by atoms with Crippen molar-refractivity contribution in [1.29, 1.82) is 0 Å². The summed E-state index contributed by atoms with van der Waals surface area (Å²) < 4.78 is 0.803. The number of hydrogen-bond acceptors (Lipinski definition) is 5. The third-order valence-corrected chi connectivity index (χ3v) is 5.07. The van der Waals surface area contributed by atoms with E-state index >= 15 is 0 Å². The van der Waals surface area contributed by atoms with Crippen LogP contribution in [0.5, 0.6) is 0 Å². The summed E-state index contributed by atoms with van der Waals surface area (Å²) in [5.41, 5.74) is 0.701. The first-order valence-corrected chi connectivity index (χ1v) is 9.03. The Morgan fingerprint density at radius 1 is 1.31 bits per heavy atom. The lowest BCUT2D eigenvalue weighted by Gasteiger charge is -2.45. The number of hydrogen-bond donors (Lipinski definition) is 2. The zero-order chi connectivity index (χ0) is 18.3. The molecule has 1 fully saturated rings. The van der Waals surface area contributed by atoms with E-state index in [1.54, 1.807) is 29.3 Å². The van der Waals surface area contributed by atoms with Gasteiger partial charge in [0.1, 0.15) is 5.82 Å². The third-order valence-electron chi connectivity index (χ3n) is 4.58. The van der Waals surface area contributed by atoms with E-state index in [1.807, 2.05) is 0 Å². The Balaban J connectivity index is 1.72. The van der Waals surface area contributed by atoms with Gasteiger partial charge < -0.3 is 10.0 Å². The van der Waals surface area contributed by atoms with Crippen molar-refractivity contribution in [2.24, 2.45) is 0 Å². The molecule has 134 valence electrons. The van der Waals surface area contributed by atoms with Crippen LogP contribution in [0.25, 0.3) is 0 Å². The Bertz CT molecular complexity index is 890. The second-order valence-electron chi connectivity index (χ2n) is 6.25. The molecular formula is C17H16BrN5O3. The highest BCUT2D eigenvalue weighted by Crippen LogP contribution is 2.38. The molecule has 1 atom stereocenters. The molecule has 0 aliphatic carbocycles. The van der Waals surface area contributed by atoms with Gasteiger partial charge in [0.25, 0.3) is 0 Å². The van der Waals surface area contributed by atoms with Crippen LogP contribution in [0.4, 0.5) is 22.1 Å². The maximum atomic E-state index is 13.0. The van der Waals surface area contributed by atoms with E-state index in [0.717, 1.165) is 29.5 Å². The van der Waals surface area contributed by atoms with Crippen LogP contribution in [0.3, 0.4) is 0 Å². The number of nitrogens with one attached hydrogen (secondary N) is 1. The Morgan fingerprint density at radius 3 is 2.92 bits per heavy atom. The number of aromatic nitrogens is 2. The zero-order valence-corrected chi connectivity index (χ0v) is 15.3. The molecule has 0 aromatic carbocycles. The number of carbonyl (C=O) groups excluding carboxylic acids is 1. The number of urea groups is 1. The smallest absolute Gasteiger partial charge is 0.354 e. The normalized spacial score (nSPS) is 18.3. The van der Waals surface area contributed by atoms with Gasteiger partial charge in [0.2, 0.25) is 0 Å². The predicted molar refractivity (Wildman–Crippen MR) is 99.9 cm³/mol. The number of pyridine rings is 2. The Kier molecular flexibility index (Phi) is 4.23. The summed E-state index contributed by atoms with van der Waals surface area (Å²) in [6, 6.07) is 6.26. The molecule has 0 saturated carbocycles. The predicted octanol–water partition coefficient (Wildman–Crippen LogP) is 2.96. The molecule has 0 radical (unpaired) electrons. The minimum atomic E-state index is -1.12. The van der Waals surface area contributed by atoms with Crippen molar-refractivity contribution >= 4 is 45.3 Å². The van der Waals surface area contributed by atoms with Gasteiger partial charge in [-0.25, -0.2) is 19.6 Å². The van der Waals surface area contributed by atoms with Gasteiger partial charge in [0, 0.05) is 23.8 Å². The Labute approximate surface area is 158 Å². The lowest BCUT2D eigenvalue weighted by atomic mass is 10.00. The Morgan fingerprint density at radius 2 is 2.15 bits per heavy atom. The number of rotatable bonds is 2. The molecule has 2 N–H and O–H groups in total. The molecule has 2 aliphatic heterocycles. The highest BCUT2D eigenvalue weighted by Gasteiger charge is 2.38. The van der Waals surface area contributed by atoms with E-state index in [1.165, 1.54) is 6.07 Å². The van der Waals surface area contributed by atoms with Crippen LogP contribution < -0.4 is 15.1 Å². The van der Waals surface area contributed by atoms with Crippen molar-refractivity contribution in [3.8, 4) is 0 Å². The summed E-state index contributed by atoms with van der Waals surface area (Å²) in [7, 11) is 0. The molecular weight excluding hydrogens is 402 g/mol. The summed E-state index contributed by atoms with van der Waals surface area (Å²) in [6.07, 6.45) is 3.39. The number of carboxylic acid groups (broad SMARTS) is 1. The number of fused-ring (bicyclic) bond motifs is 4. The molecule has 1 saturated heterocycles. The number of carbonyl (C=O) groups is 2. The number of aromatic carboxylic acids is 1. The van der Waals surface area contributed by atoms with Crippen molar-refractivity contribution in [2.45, 2.75) is 18.9 Å². The fourth-order valence-electron chi connectivity index (χ4n) is 3.45. The summed E-state index contributed by atoms with van der Waals surface area (Å²) >= 11 is 3.35. The monoisotopic (exact) mass is 417 g/mol. The highest BCUT2D eigenvalue weighted by atomic mass is 79.9. The maximum absolute atomic E-state index is 13.0. The molecule has 9 heteroatoms. The highest BCUT2D eigenvalue weighted by molar-refractivity contribution is 9.10. The molecule has 0 unspecified atom stereocenters. The first kappa shape index (κ1) is 16.8. The fraction of sp³-hybridized carbons (Fsp3) is 0.294. The van der Waals surface area contributed by atoms with Crippen LogP contribution in [-0.2, 0) is 0 Å². The van der Waals surface area contributed by atoms with Gasteiger partial charge in [-0.2, -0.15) is 0 Å². The van der Waals surface area contributed by atoms with E-state index in [2.05, 4.69) is 36.1 Å². The van der Waals surface area contributed by atoms with Crippen molar-refractivity contribution in [3.05, 3.63) is 40.6 Å². The van der Waals surface area contributed by atoms with Crippen molar-refractivity contribution in [3.63, 3.8) is 0 Å². The summed E-state index contributed by atoms with van der Waals surface area (Å²) in [6.45, 7) is 1.58. The lowest BCUT2D eigenvalue weighted by Crippen LogP contribution is -2.56. The number of nitrogens with zero attached hydrogens (tertiary/aromatic N) is 4. The second kappa shape index (κ2) is 6.56. The summed E-state index contributed by atoms with van der Waals surface area (Å²) in [5, 5.41) is 12.1. The van der Waals surface area contributed by atoms with Gasteiger partial charge >= 0.3 is 12.0 Å². The Hall–Kier alpha value is -2.68. The number of carboxylic acids is 1. The SMILES string of the molecule is O=C(O)c1ccc2c(n1)N(C(=O)Nc1cc(Br)ccn1)[C@H]1CCCN2C1. The van der Waals surface area contributed by atoms with Crippen LogP contribution in [0.15, 0.2) is 34.9 Å². The largest absolute Gasteiger partial charge is 0.477 e. The van der Waals surface area contributed by atoms with Crippen molar-refractivity contribution < 1.29 is 14.7 Å². The quantitative estimate of drug-likeness (QED) is 0.778. The van der Waals surface area contributed by atoms with Gasteiger partial charge in [-0.15, -0.1) is 0 Å². The first-order chi connectivity index (χ1) is 12.5. The number of amides is 2. The minimum Gasteiger partial charge on any atom is -0.477 e. The van der Waals surface area contributed by atoms with Crippen LogP contribution >= 0.6 is 15.9 Å². The molecule has 0 spiro atoms. The van der Waals surface area contributed by atoms with Gasteiger partial charge in [0.05, 0.1) is 11.7 Å². The number of anilines is 3. The van der Waals surface area contributed by atoms with Gasteiger partial charge in [-0.05, 0) is 37.1 Å². The van der Waals surface area contributed by atoms with E-state index in [0.29, 0.717) is 18.2 Å². The van der Waals surface area contributed by atoms with Crippen LogP contribution in [0.2, 0.25) is 0 Å². The topological polar surface area (TPSA) is 98.7 Å².